The quantitative estimate of drug-likeness (QED) is 0.653. The van der Waals surface area contributed by atoms with E-state index in [2.05, 4.69) is 11.4 Å². The summed E-state index contributed by atoms with van der Waals surface area (Å²) in [5.74, 6) is 1.42. The predicted molar refractivity (Wildman–Crippen MR) is 105 cm³/mol. The van der Waals surface area contributed by atoms with E-state index in [1.807, 2.05) is 38.1 Å². The molecule has 0 aromatic heterocycles. The number of benzene rings is 2. The second-order valence-electron chi connectivity index (χ2n) is 6.11. The minimum absolute atomic E-state index is 0.129. The molecule has 0 aliphatic rings. The molecule has 0 radical (unpaired) electrons. The molecular formula is C21H26ClNO3. The van der Waals surface area contributed by atoms with Gasteiger partial charge in [0.15, 0.2) is 6.10 Å². The molecule has 140 valence electrons. The Labute approximate surface area is 160 Å². The molecule has 0 spiro atoms. The number of halogens is 1. The summed E-state index contributed by atoms with van der Waals surface area (Å²) in [7, 11) is 0. The summed E-state index contributed by atoms with van der Waals surface area (Å²) in [6.07, 6.45) is 1.12. The number of ether oxygens (including phenoxy) is 2. The molecule has 1 N–H and O–H groups in total. The fraction of sp³-hybridized carbons (Fsp3) is 0.381. The second-order valence-corrected chi connectivity index (χ2v) is 6.51. The summed E-state index contributed by atoms with van der Waals surface area (Å²) < 4.78 is 11.3. The van der Waals surface area contributed by atoms with Crippen LogP contribution in [0.5, 0.6) is 11.5 Å². The fourth-order valence-electron chi connectivity index (χ4n) is 2.59. The first kappa shape index (κ1) is 20.1. The molecule has 26 heavy (non-hydrogen) atoms. The van der Waals surface area contributed by atoms with E-state index in [0.29, 0.717) is 23.9 Å². The van der Waals surface area contributed by atoms with E-state index in [1.54, 1.807) is 19.1 Å². The maximum atomic E-state index is 12.2. The van der Waals surface area contributed by atoms with Gasteiger partial charge in [-0.1, -0.05) is 29.8 Å². The lowest BCUT2D eigenvalue weighted by Gasteiger charge is -2.15. The molecule has 0 aliphatic carbocycles. The van der Waals surface area contributed by atoms with Crippen molar-refractivity contribution in [3.63, 3.8) is 0 Å². The number of nitrogens with one attached hydrogen (secondary N) is 1. The van der Waals surface area contributed by atoms with Crippen molar-refractivity contribution in [3.05, 3.63) is 58.6 Å². The zero-order valence-electron chi connectivity index (χ0n) is 15.5. The minimum atomic E-state index is -0.564. The van der Waals surface area contributed by atoms with Crippen LogP contribution in [0.15, 0.2) is 42.5 Å². The van der Waals surface area contributed by atoms with Crippen molar-refractivity contribution < 1.29 is 14.3 Å². The number of para-hydroxylation sites is 1. The lowest BCUT2D eigenvalue weighted by Crippen LogP contribution is -2.36. The third-order valence-electron chi connectivity index (χ3n) is 4.01. The van der Waals surface area contributed by atoms with Crippen molar-refractivity contribution in [2.24, 2.45) is 0 Å². The van der Waals surface area contributed by atoms with Gasteiger partial charge in [-0.2, -0.15) is 0 Å². The van der Waals surface area contributed by atoms with Crippen LogP contribution in [0.1, 0.15) is 31.4 Å². The maximum absolute atomic E-state index is 12.2. The van der Waals surface area contributed by atoms with E-state index in [-0.39, 0.29) is 5.91 Å². The van der Waals surface area contributed by atoms with Crippen LogP contribution >= 0.6 is 11.6 Å². The molecule has 2 aromatic rings. The molecule has 1 amide bonds. The Morgan fingerprint density at radius 1 is 1.23 bits per heavy atom. The van der Waals surface area contributed by atoms with E-state index in [1.165, 1.54) is 0 Å². The van der Waals surface area contributed by atoms with E-state index in [0.717, 1.165) is 29.7 Å². The van der Waals surface area contributed by atoms with E-state index < -0.39 is 6.10 Å². The molecule has 0 saturated carbocycles. The molecule has 2 rings (SSSR count). The van der Waals surface area contributed by atoms with Crippen molar-refractivity contribution >= 4 is 17.5 Å². The predicted octanol–water partition coefficient (Wildman–Crippen LogP) is 4.56. The topological polar surface area (TPSA) is 47.6 Å². The lowest BCUT2D eigenvalue weighted by atomic mass is 10.1. The third kappa shape index (κ3) is 5.95. The van der Waals surface area contributed by atoms with Crippen LogP contribution in [0.4, 0.5) is 0 Å². The number of aryl methyl sites for hydroxylation is 2. The minimum Gasteiger partial charge on any atom is -0.494 e. The van der Waals surface area contributed by atoms with Gasteiger partial charge in [-0.3, -0.25) is 4.79 Å². The van der Waals surface area contributed by atoms with Gasteiger partial charge in [-0.05, 0) is 69.0 Å². The van der Waals surface area contributed by atoms with Crippen LogP contribution in [-0.4, -0.2) is 25.2 Å². The maximum Gasteiger partial charge on any atom is 0.260 e. The zero-order chi connectivity index (χ0) is 18.9. The number of amides is 1. The Kier molecular flexibility index (Phi) is 7.79. The number of hydrogen-bond acceptors (Lipinski definition) is 3. The fourth-order valence-corrected chi connectivity index (χ4v) is 2.71. The van der Waals surface area contributed by atoms with Crippen LogP contribution in [0.3, 0.4) is 0 Å². The van der Waals surface area contributed by atoms with Crippen LogP contribution < -0.4 is 14.8 Å². The van der Waals surface area contributed by atoms with Gasteiger partial charge >= 0.3 is 0 Å². The highest BCUT2D eigenvalue weighted by Crippen LogP contribution is 2.22. The molecule has 4 nitrogen and oxygen atoms in total. The molecule has 0 heterocycles. The lowest BCUT2D eigenvalue weighted by molar-refractivity contribution is -0.127. The van der Waals surface area contributed by atoms with Gasteiger partial charge in [-0.15, -0.1) is 0 Å². The first-order valence-corrected chi connectivity index (χ1v) is 9.30. The van der Waals surface area contributed by atoms with E-state index >= 15 is 0 Å². The van der Waals surface area contributed by atoms with Crippen molar-refractivity contribution in [2.75, 3.05) is 13.2 Å². The standard InChI is InChI=1S/C21H26ClNO3/c1-4-25-20-10-6-5-8-17(20)9-7-13-23-21(24)16(3)26-18-11-12-19(22)15(2)14-18/h5-6,8,10-12,14,16H,4,7,9,13H2,1-3H3,(H,23,24)/t16-/m0/s1. The van der Waals surface area contributed by atoms with Gasteiger partial charge in [0.05, 0.1) is 6.61 Å². The summed E-state index contributed by atoms with van der Waals surface area (Å²) in [5.41, 5.74) is 2.08. The Morgan fingerprint density at radius 3 is 2.73 bits per heavy atom. The zero-order valence-corrected chi connectivity index (χ0v) is 16.3. The average molecular weight is 376 g/mol. The first-order valence-electron chi connectivity index (χ1n) is 8.92. The molecule has 0 saturated heterocycles. The highest BCUT2D eigenvalue weighted by atomic mass is 35.5. The molecule has 5 heteroatoms. The molecule has 0 bridgehead atoms. The monoisotopic (exact) mass is 375 g/mol. The van der Waals surface area contributed by atoms with Crippen molar-refractivity contribution in [3.8, 4) is 11.5 Å². The van der Waals surface area contributed by atoms with Gasteiger partial charge in [-0.25, -0.2) is 0 Å². The number of rotatable bonds is 9. The van der Waals surface area contributed by atoms with Crippen molar-refractivity contribution in [1.29, 1.82) is 0 Å². The van der Waals surface area contributed by atoms with Crippen LogP contribution in [0.25, 0.3) is 0 Å². The Balaban J connectivity index is 1.77. The molecule has 2 aromatic carbocycles. The molecule has 0 fully saturated rings. The van der Waals surface area contributed by atoms with Crippen LogP contribution in [0, 0.1) is 6.92 Å². The van der Waals surface area contributed by atoms with Gasteiger partial charge in [0.1, 0.15) is 11.5 Å². The second kappa shape index (κ2) is 10.1. The van der Waals surface area contributed by atoms with Gasteiger partial charge in [0.2, 0.25) is 0 Å². The summed E-state index contributed by atoms with van der Waals surface area (Å²) in [5, 5.41) is 3.60. The van der Waals surface area contributed by atoms with Gasteiger partial charge in [0.25, 0.3) is 5.91 Å². The Hall–Kier alpha value is -2.20. The largest absolute Gasteiger partial charge is 0.494 e. The number of carbonyl (C=O) groups is 1. The molecule has 0 aliphatic heterocycles. The Morgan fingerprint density at radius 2 is 2.00 bits per heavy atom. The highest BCUT2D eigenvalue weighted by Gasteiger charge is 2.14. The summed E-state index contributed by atoms with van der Waals surface area (Å²) in [6, 6.07) is 13.4. The SMILES string of the molecule is CCOc1ccccc1CCCNC(=O)[C@H](C)Oc1ccc(Cl)c(C)c1. The number of hydrogen-bond donors (Lipinski definition) is 1. The van der Waals surface area contributed by atoms with Gasteiger partial charge < -0.3 is 14.8 Å². The summed E-state index contributed by atoms with van der Waals surface area (Å²) >= 11 is 6.00. The third-order valence-corrected chi connectivity index (χ3v) is 4.43. The van der Waals surface area contributed by atoms with Crippen molar-refractivity contribution in [1.82, 2.24) is 5.32 Å². The summed E-state index contributed by atoms with van der Waals surface area (Å²) in [4.78, 5) is 12.2. The molecule has 1 atom stereocenters. The Bertz CT molecular complexity index is 733. The first-order chi connectivity index (χ1) is 12.5. The van der Waals surface area contributed by atoms with Crippen LogP contribution in [0.2, 0.25) is 5.02 Å². The highest BCUT2D eigenvalue weighted by molar-refractivity contribution is 6.31. The molecular weight excluding hydrogens is 350 g/mol. The average Bonchev–Trinajstić information content (AvgIpc) is 2.63. The van der Waals surface area contributed by atoms with Crippen LogP contribution in [-0.2, 0) is 11.2 Å². The summed E-state index contributed by atoms with van der Waals surface area (Å²) in [6.45, 7) is 6.85. The smallest absolute Gasteiger partial charge is 0.260 e. The molecule has 0 unspecified atom stereocenters. The van der Waals surface area contributed by atoms with Gasteiger partial charge in [0, 0.05) is 11.6 Å². The van der Waals surface area contributed by atoms with E-state index in [9.17, 15) is 4.79 Å². The van der Waals surface area contributed by atoms with Crippen molar-refractivity contribution in [2.45, 2.75) is 39.7 Å². The normalized spacial score (nSPS) is 11.7. The number of carbonyl (C=O) groups excluding carboxylic acids is 1. The van der Waals surface area contributed by atoms with E-state index in [4.69, 9.17) is 21.1 Å².